The van der Waals surface area contributed by atoms with Gasteiger partial charge in [-0.3, -0.25) is 9.59 Å². The molecule has 1 amide bonds. The van der Waals surface area contributed by atoms with E-state index in [1.54, 1.807) is 0 Å². The third-order valence-corrected chi connectivity index (χ3v) is 4.82. The van der Waals surface area contributed by atoms with Crippen molar-refractivity contribution in [2.24, 2.45) is 11.8 Å². The third kappa shape index (κ3) is 2.94. The fourth-order valence-electron chi connectivity index (χ4n) is 3.71. The van der Waals surface area contributed by atoms with Crippen LogP contribution in [0.3, 0.4) is 0 Å². The second kappa shape index (κ2) is 5.88. The number of aliphatic carboxylic acids is 1. The number of carbonyl (C=O) groups is 2. The predicted octanol–water partition coefficient (Wildman–Crippen LogP) is 2.16. The summed E-state index contributed by atoms with van der Waals surface area (Å²) in [4.78, 5) is 23.8. The maximum Gasteiger partial charge on any atom is 0.307 e. The van der Waals surface area contributed by atoms with Crippen LogP contribution < -0.4 is 5.32 Å². The standard InChI is InChI=1S/C17H21NO3/c19-16(14-7-3-4-8-15(14)17(20)21)18-13-9-11-5-1-2-6-12(11)10-13/h1-2,5-6,13-15H,3-4,7-10H2,(H,18,19)(H,20,21). The summed E-state index contributed by atoms with van der Waals surface area (Å²) >= 11 is 0. The van der Waals surface area contributed by atoms with Crippen molar-refractivity contribution in [3.05, 3.63) is 35.4 Å². The lowest BCUT2D eigenvalue weighted by atomic mass is 9.78. The van der Waals surface area contributed by atoms with Gasteiger partial charge in [-0.05, 0) is 36.8 Å². The van der Waals surface area contributed by atoms with Crippen molar-refractivity contribution in [1.82, 2.24) is 5.32 Å². The van der Waals surface area contributed by atoms with Crippen molar-refractivity contribution in [3.8, 4) is 0 Å². The van der Waals surface area contributed by atoms with Gasteiger partial charge in [0.25, 0.3) is 0 Å². The molecule has 1 aromatic rings. The Hall–Kier alpha value is -1.84. The molecule has 0 heterocycles. The van der Waals surface area contributed by atoms with Crippen LogP contribution in [-0.2, 0) is 22.4 Å². The van der Waals surface area contributed by atoms with Gasteiger partial charge >= 0.3 is 5.97 Å². The molecule has 0 bridgehead atoms. The van der Waals surface area contributed by atoms with E-state index in [-0.39, 0.29) is 17.9 Å². The summed E-state index contributed by atoms with van der Waals surface area (Å²) in [5, 5.41) is 12.4. The molecule has 4 heteroatoms. The van der Waals surface area contributed by atoms with E-state index in [9.17, 15) is 14.7 Å². The molecule has 4 nitrogen and oxygen atoms in total. The summed E-state index contributed by atoms with van der Waals surface area (Å²) < 4.78 is 0. The molecule has 2 aliphatic rings. The lowest BCUT2D eigenvalue weighted by Gasteiger charge is -2.28. The van der Waals surface area contributed by atoms with E-state index in [0.717, 1.165) is 25.7 Å². The van der Waals surface area contributed by atoms with Gasteiger partial charge < -0.3 is 10.4 Å². The fourth-order valence-corrected chi connectivity index (χ4v) is 3.71. The van der Waals surface area contributed by atoms with Crippen LogP contribution in [0.15, 0.2) is 24.3 Å². The summed E-state index contributed by atoms with van der Waals surface area (Å²) in [7, 11) is 0. The summed E-state index contributed by atoms with van der Waals surface area (Å²) in [6.07, 6.45) is 4.89. The van der Waals surface area contributed by atoms with Gasteiger partial charge in [-0.15, -0.1) is 0 Å². The molecule has 2 N–H and O–H groups in total. The van der Waals surface area contributed by atoms with Crippen LogP contribution in [-0.4, -0.2) is 23.0 Å². The lowest BCUT2D eigenvalue weighted by molar-refractivity contribution is -0.149. The molecule has 1 aromatic carbocycles. The zero-order valence-corrected chi connectivity index (χ0v) is 12.0. The largest absolute Gasteiger partial charge is 0.481 e. The Balaban J connectivity index is 1.63. The first-order chi connectivity index (χ1) is 10.1. The molecule has 21 heavy (non-hydrogen) atoms. The number of amides is 1. The summed E-state index contributed by atoms with van der Waals surface area (Å²) in [5.74, 6) is -1.77. The van der Waals surface area contributed by atoms with Crippen LogP contribution >= 0.6 is 0 Å². The second-order valence-corrected chi connectivity index (χ2v) is 6.22. The van der Waals surface area contributed by atoms with Gasteiger partial charge in [-0.25, -0.2) is 0 Å². The van der Waals surface area contributed by atoms with Crippen LogP contribution in [0.4, 0.5) is 0 Å². The normalized spacial score (nSPS) is 25.3. The topological polar surface area (TPSA) is 66.4 Å². The van der Waals surface area contributed by atoms with Crippen LogP contribution in [0, 0.1) is 11.8 Å². The van der Waals surface area contributed by atoms with Gasteiger partial charge in [-0.1, -0.05) is 37.1 Å². The lowest BCUT2D eigenvalue weighted by Crippen LogP contribution is -2.44. The third-order valence-electron chi connectivity index (χ3n) is 4.82. The molecule has 112 valence electrons. The highest BCUT2D eigenvalue weighted by Gasteiger charge is 2.36. The fraction of sp³-hybridized carbons (Fsp3) is 0.529. The number of nitrogens with one attached hydrogen (secondary N) is 1. The molecular weight excluding hydrogens is 266 g/mol. The highest BCUT2D eigenvalue weighted by atomic mass is 16.4. The van der Waals surface area contributed by atoms with Gasteiger partial charge in [0.05, 0.1) is 11.8 Å². The zero-order chi connectivity index (χ0) is 14.8. The van der Waals surface area contributed by atoms with Gasteiger partial charge in [0, 0.05) is 6.04 Å². The molecule has 0 aliphatic heterocycles. The number of carbonyl (C=O) groups excluding carboxylic acids is 1. The molecule has 0 radical (unpaired) electrons. The highest BCUT2D eigenvalue weighted by Crippen LogP contribution is 2.31. The van der Waals surface area contributed by atoms with E-state index in [4.69, 9.17) is 0 Å². The first kappa shape index (κ1) is 14.1. The summed E-state index contributed by atoms with van der Waals surface area (Å²) in [6, 6.07) is 8.35. The Morgan fingerprint density at radius 1 is 1.00 bits per heavy atom. The van der Waals surface area contributed by atoms with Crippen molar-refractivity contribution >= 4 is 11.9 Å². The van der Waals surface area contributed by atoms with Gasteiger partial charge in [0.1, 0.15) is 0 Å². The Morgan fingerprint density at radius 3 is 2.14 bits per heavy atom. The van der Waals surface area contributed by atoms with Crippen molar-refractivity contribution in [1.29, 1.82) is 0 Å². The summed E-state index contributed by atoms with van der Waals surface area (Å²) in [6.45, 7) is 0. The molecular formula is C17H21NO3. The molecule has 1 saturated carbocycles. The van der Waals surface area contributed by atoms with Gasteiger partial charge in [0.2, 0.25) is 5.91 Å². The zero-order valence-electron chi connectivity index (χ0n) is 12.0. The van der Waals surface area contributed by atoms with Crippen molar-refractivity contribution in [3.63, 3.8) is 0 Å². The molecule has 2 atom stereocenters. The van der Waals surface area contributed by atoms with Crippen molar-refractivity contribution in [2.75, 3.05) is 0 Å². The minimum Gasteiger partial charge on any atom is -0.481 e. The molecule has 2 unspecified atom stereocenters. The maximum atomic E-state index is 12.4. The maximum absolute atomic E-state index is 12.4. The average molecular weight is 287 g/mol. The number of carboxylic acid groups (broad SMARTS) is 1. The molecule has 2 aliphatic carbocycles. The first-order valence-electron chi connectivity index (χ1n) is 7.75. The van der Waals surface area contributed by atoms with E-state index in [1.165, 1.54) is 11.1 Å². The Labute approximate surface area is 124 Å². The van der Waals surface area contributed by atoms with Crippen molar-refractivity contribution < 1.29 is 14.7 Å². The van der Waals surface area contributed by atoms with Crippen LogP contribution in [0.5, 0.6) is 0 Å². The molecule has 0 saturated heterocycles. The number of benzene rings is 1. The van der Waals surface area contributed by atoms with E-state index >= 15 is 0 Å². The predicted molar refractivity (Wildman–Crippen MR) is 78.9 cm³/mol. The first-order valence-corrected chi connectivity index (χ1v) is 7.75. The van der Waals surface area contributed by atoms with Crippen LogP contribution in [0.2, 0.25) is 0 Å². The SMILES string of the molecule is O=C(O)C1CCCCC1C(=O)NC1Cc2ccccc2C1. The smallest absolute Gasteiger partial charge is 0.307 e. The molecule has 3 rings (SSSR count). The Kier molecular flexibility index (Phi) is 3.95. The molecule has 0 aromatic heterocycles. The number of rotatable bonds is 3. The molecule has 1 fully saturated rings. The average Bonchev–Trinajstić information content (AvgIpc) is 2.89. The number of carboxylic acids is 1. The van der Waals surface area contributed by atoms with Gasteiger partial charge in [-0.2, -0.15) is 0 Å². The highest BCUT2D eigenvalue weighted by molar-refractivity contribution is 5.85. The van der Waals surface area contributed by atoms with E-state index in [0.29, 0.717) is 12.8 Å². The van der Waals surface area contributed by atoms with Crippen LogP contribution in [0.25, 0.3) is 0 Å². The van der Waals surface area contributed by atoms with Crippen LogP contribution in [0.1, 0.15) is 36.8 Å². The quantitative estimate of drug-likeness (QED) is 0.895. The van der Waals surface area contributed by atoms with Crippen molar-refractivity contribution in [2.45, 2.75) is 44.6 Å². The Bertz CT molecular complexity index is 530. The molecule has 0 spiro atoms. The van der Waals surface area contributed by atoms with E-state index < -0.39 is 11.9 Å². The number of hydrogen-bond acceptors (Lipinski definition) is 2. The minimum absolute atomic E-state index is 0.0695. The summed E-state index contributed by atoms with van der Waals surface area (Å²) in [5.41, 5.74) is 2.59. The second-order valence-electron chi connectivity index (χ2n) is 6.22. The van der Waals surface area contributed by atoms with Gasteiger partial charge in [0.15, 0.2) is 0 Å². The van der Waals surface area contributed by atoms with E-state index in [2.05, 4.69) is 17.4 Å². The Morgan fingerprint density at radius 2 is 1.57 bits per heavy atom. The number of hydrogen-bond donors (Lipinski definition) is 2. The minimum atomic E-state index is -0.829. The van der Waals surface area contributed by atoms with E-state index in [1.807, 2.05) is 12.1 Å². The number of fused-ring (bicyclic) bond motifs is 1. The monoisotopic (exact) mass is 287 g/mol.